The zero-order valence-electron chi connectivity index (χ0n) is 31.2. The van der Waals surface area contributed by atoms with Gasteiger partial charge in [-0.05, 0) is 90.7 Å². The summed E-state index contributed by atoms with van der Waals surface area (Å²) in [6.45, 7) is 10.7. The smallest absolute Gasteiger partial charge is 0.372 e. The highest BCUT2D eigenvalue weighted by Gasteiger charge is 2.86. The molecule has 3 aliphatic rings. The number of carbonyl (C=O) groups is 5. The van der Waals surface area contributed by atoms with Crippen molar-refractivity contribution in [2.45, 2.75) is 97.1 Å². The number of amides is 4. The highest BCUT2D eigenvalue weighted by molar-refractivity contribution is 7.70. The molecule has 0 bridgehead atoms. The first-order valence-electron chi connectivity index (χ1n) is 18.5. The maximum Gasteiger partial charge on any atom is 0.396 e. The van der Waals surface area contributed by atoms with E-state index in [0.717, 1.165) is 12.0 Å². The van der Waals surface area contributed by atoms with Crippen LogP contribution in [0.2, 0.25) is 0 Å². The molecule has 7 N–H and O–H groups in total. The van der Waals surface area contributed by atoms with Gasteiger partial charge < -0.3 is 40.8 Å². The summed E-state index contributed by atoms with van der Waals surface area (Å²) < 4.78 is 17.7. The summed E-state index contributed by atoms with van der Waals surface area (Å²) in [7, 11) is -5.00. The van der Waals surface area contributed by atoms with E-state index in [1.807, 2.05) is 32.9 Å². The molecular weight excluding hydrogens is 713 g/mol. The summed E-state index contributed by atoms with van der Waals surface area (Å²) in [5, 5.41) is 6.35. The van der Waals surface area contributed by atoms with E-state index in [-0.39, 0.29) is 53.2 Å². The van der Waals surface area contributed by atoms with Crippen molar-refractivity contribution in [3.05, 3.63) is 70.9 Å². The molecule has 7 atom stereocenters. The van der Waals surface area contributed by atoms with Gasteiger partial charge in [0.25, 0.3) is 11.4 Å². The van der Waals surface area contributed by atoms with Crippen LogP contribution in [0.4, 0.5) is 0 Å². The lowest BCUT2D eigenvalue weighted by molar-refractivity contribution is -0.142. The predicted octanol–water partition coefficient (Wildman–Crippen LogP) is 3.96. The average Bonchev–Trinajstić information content (AvgIpc) is 3.86. The standard InChI is InChI=1S/C39H50N5O9P/c1-20(2)14-31(43-35(46)30-16-26-15-25(10-11-29(26)41-30)38(49)54(50,51)52)37(48)44-19-39-17-27(39)33(39)34(44)36(47)42-28(12-13-32(40)45)22(5)53-18-23-6-8-24(9-7-23)21(3)4/h6-11,15-16,20-22,27-28,31,33-34,41H,12-14,17-19H2,1-5H3,(H2,40,45)(H,42,47)(H,43,46)(H2,50,51,52)/t22-,27?,28+,31+,33+,34+,39?/m1/s1. The fraction of sp³-hybridized carbons (Fsp3) is 0.513. The van der Waals surface area contributed by atoms with Crippen LogP contribution in [0.5, 0.6) is 0 Å². The Hall–Kier alpha value is -4.36. The Kier molecular flexibility index (Phi) is 11.0. The fourth-order valence-corrected chi connectivity index (χ4v) is 8.51. The van der Waals surface area contributed by atoms with Crippen LogP contribution in [0.1, 0.15) is 98.2 Å². The van der Waals surface area contributed by atoms with Gasteiger partial charge in [-0.1, -0.05) is 52.0 Å². The first kappa shape index (κ1) is 39.3. The number of carbonyl (C=O) groups excluding carboxylic acids is 5. The molecule has 4 amide bonds. The molecule has 2 aromatic carbocycles. The van der Waals surface area contributed by atoms with Crippen LogP contribution in [0.25, 0.3) is 10.9 Å². The van der Waals surface area contributed by atoms with Gasteiger partial charge in [0.2, 0.25) is 17.7 Å². The second-order valence-electron chi connectivity index (χ2n) is 16.0. The van der Waals surface area contributed by atoms with Crippen LogP contribution in [-0.2, 0) is 30.3 Å². The lowest BCUT2D eigenvalue weighted by Crippen LogP contribution is -2.57. The van der Waals surface area contributed by atoms with Crippen LogP contribution < -0.4 is 16.4 Å². The Morgan fingerprint density at radius 3 is 2.33 bits per heavy atom. The zero-order valence-corrected chi connectivity index (χ0v) is 32.1. The molecular formula is C39H50N5O9P. The van der Waals surface area contributed by atoms with E-state index in [1.54, 1.807) is 4.90 Å². The second-order valence-corrected chi connectivity index (χ2v) is 17.5. The predicted molar refractivity (Wildman–Crippen MR) is 200 cm³/mol. The number of hydrogen-bond acceptors (Lipinski definition) is 7. The van der Waals surface area contributed by atoms with Crippen molar-refractivity contribution in [2.75, 3.05) is 6.54 Å². The fourth-order valence-electron chi connectivity index (χ4n) is 8.03. The topological polar surface area (TPSA) is 221 Å². The first-order valence-corrected chi connectivity index (χ1v) is 20.1. The Morgan fingerprint density at radius 2 is 1.72 bits per heavy atom. The molecule has 1 aliphatic heterocycles. The van der Waals surface area contributed by atoms with Crippen LogP contribution in [-0.4, -0.2) is 79.6 Å². The van der Waals surface area contributed by atoms with E-state index in [0.29, 0.717) is 42.3 Å². The van der Waals surface area contributed by atoms with E-state index < -0.39 is 49.2 Å². The number of benzene rings is 2. The Balaban J connectivity index is 1.16. The SMILES string of the molecule is CC(C)C[C@H](NC(=O)c1cc2cc(C(=O)P(=O)(O)O)ccc2[nH]1)C(=O)N1CC23CC2[C@H]3[C@H]1C(=O)N[C@@H](CCC(N)=O)[C@@H](C)OCc1ccc(C(C)C)cc1. The van der Waals surface area contributed by atoms with Crippen LogP contribution in [0.3, 0.4) is 0 Å². The van der Waals surface area contributed by atoms with Crippen molar-refractivity contribution >= 4 is 47.7 Å². The molecule has 1 spiro atoms. The van der Waals surface area contributed by atoms with E-state index in [1.165, 1.54) is 29.8 Å². The number of ether oxygens (including phenoxy) is 1. The molecule has 15 heteroatoms. The number of hydrogen-bond donors (Lipinski definition) is 6. The minimum atomic E-state index is -5.00. The molecule has 3 fully saturated rings. The Labute approximate surface area is 314 Å². The van der Waals surface area contributed by atoms with E-state index in [2.05, 4.69) is 41.6 Å². The molecule has 14 nitrogen and oxygen atoms in total. The number of nitrogens with zero attached hydrogens (tertiary/aromatic N) is 1. The summed E-state index contributed by atoms with van der Waals surface area (Å²) in [4.78, 5) is 89.2. The van der Waals surface area contributed by atoms with Crippen molar-refractivity contribution in [2.24, 2.45) is 28.9 Å². The summed E-state index contributed by atoms with van der Waals surface area (Å²) in [6.07, 6.45) is 1.08. The molecule has 3 aromatic rings. The third kappa shape index (κ3) is 8.17. The molecule has 290 valence electrons. The molecule has 6 rings (SSSR count). The number of nitrogens with one attached hydrogen (secondary N) is 3. The highest BCUT2D eigenvalue weighted by atomic mass is 31.2. The Morgan fingerprint density at radius 1 is 1.02 bits per heavy atom. The third-order valence-electron chi connectivity index (χ3n) is 11.3. The molecule has 0 radical (unpaired) electrons. The number of piperidine rings is 1. The quantitative estimate of drug-likeness (QED) is 0.109. The molecule has 1 aromatic heterocycles. The van der Waals surface area contributed by atoms with E-state index in [9.17, 15) is 38.3 Å². The van der Waals surface area contributed by atoms with Gasteiger partial charge in [0.15, 0.2) is 0 Å². The first-order chi connectivity index (χ1) is 25.4. The van der Waals surface area contributed by atoms with Crippen molar-refractivity contribution in [3.63, 3.8) is 0 Å². The summed E-state index contributed by atoms with van der Waals surface area (Å²) in [6, 6.07) is 11.4. The van der Waals surface area contributed by atoms with Crippen LogP contribution in [0.15, 0.2) is 48.5 Å². The van der Waals surface area contributed by atoms with Gasteiger partial charge in [0.05, 0.1) is 18.8 Å². The second kappa shape index (κ2) is 15.1. The number of fused-ring (bicyclic) bond motifs is 2. The van der Waals surface area contributed by atoms with Gasteiger partial charge in [-0.2, -0.15) is 0 Å². The summed E-state index contributed by atoms with van der Waals surface area (Å²) in [5.41, 5.74) is 6.63. The van der Waals surface area contributed by atoms with E-state index >= 15 is 0 Å². The van der Waals surface area contributed by atoms with Gasteiger partial charge in [-0.15, -0.1) is 0 Å². The Bertz CT molecular complexity index is 2010. The van der Waals surface area contributed by atoms with E-state index in [4.69, 9.17) is 10.5 Å². The van der Waals surface area contributed by atoms with Crippen molar-refractivity contribution in [3.8, 4) is 0 Å². The molecule has 2 heterocycles. The normalized spacial score (nSPS) is 23.1. The average molecular weight is 764 g/mol. The molecule has 2 unspecified atom stereocenters. The molecule has 2 saturated carbocycles. The molecule has 1 saturated heterocycles. The monoisotopic (exact) mass is 763 g/mol. The lowest BCUT2D eigenvalue weighted by Gasteiger charge is -2.33. The van der Waals surface area contributed by atoms with Crippen molar-refractivity contribution < 1.29 is 43.1 Å². The highest BCUT2D eigenvalue weighted by Crippen LogP contribution is 2.84. The molecule has 54 heavy (non-hydrogen) atoms. The number of rotatable bonds is 17. The zero-order chi connectivity index (χ0) is 39.3. The summed E-state index contributed by atoms with van der Waals surface area (Å²) >= 11 is 0. The van der Waals surface area contributed by atoms with Crippen molar-refractivity contribution in [1.82, 2.24) is 20.5 Å². The number of likely N-dealkylation sites (tertiary alicyclic amines) is 1. The molecule has 2 aliphatic carbocycles. The number of nitrogens with two attached hydrogens (primary N) is 1. The van der Waals surface area contributed by atoms with Gasteiger partial charge >= 0.3 is 7.60 Å². The number of aromatic nitrogens is 1. The number of primary amides is 1. The van der Waals surface area contributed by atoms with Gasteiger partial charge in [0.1, 0.15) is 17.8 Å². The van der Waals surface area contributed by atoms with Crippen LogP contribution >= 0.6 is 7.60 Å². The lowest BCUT2D eigenvalue weighted by atomic mass is 9.98. The minimum Gasteiger partial charge on any atom is -0.372 e. The van der Waals surface area contributed by atoms with Crippen LogP contribution in [0, 0.1) is 23.2 Å². The third-order valence-corrected chi connectivity index (χ3v) is 12.1. The maximum absolute atomic E-state index is 14.4. The minimum absolute atomic E-state index is 0.0113. The summed E-state index contributed by atoms with van der Waals surface area (Å²) in [5.74, 6) is -0.972. The van der Waals surface area contributed by atoms with Gasteiger partial charge in [0, 0.05) is 29.4 Å². The largest absolute Gasteiger partial charge is 0.396 e. The number of aromatic amines is 1. The number of H-pyrrole nitrogens is 1. The van der Waals surface area contributed by atoms with Gasteiger partial charge in [-0.3, -0.25) is 28.5 Å². The van der Waals surface area contributed by atoms with Crippen molar-refractivity contribution in [1.29, 1.82) is 0 Å². The van der Waals surface area contributed by atoms with Gasteiger partial charge in [-0.25, -0.2) is 0 Å². The maximum atomic E-state index is 14.4.